The summed E-state index contributed by atoms with van der Waals surface area (Å²) in [7, 11) is -1.37. The Balaban J connectivity index is 1.55. The minimum Gasteiger partial charge on any atom is -0.410 e. The summed E-state index contributed by atoms with van der Waals surface area (Å²) in [6.45, 7) is 0. The van der Waals surface area contributed by atoms with Gasteiger partial charge in [-0.3, -0.25) is 4.79 Å². The van der Waals surface area contributed by atoms with Crippen LogP contribution in [0.5, 0.6) is 0 Å². The molecule has 0 radical (unpaired) electrons. The summed E-state index contributed by atoms with van der Waals surface area (Å²) in [5, 5.41) is 10.1. The molecule has 0 unspecified atom stereocenters. The predicted octanol–water partition coefficient (Wildman–Crippen LogP) is 1.54. The van der Waals surface area contributed by atoms with Crippen LogP contribution in [0.15, 0.2) is 27.2 Å². The molecule has 2 aromatic rings. The van der Waals surface area contributed by atoms with Gasteiger partial charge in [-0.05, 0) is 17.9 Å². The molecule has 0 N–H and O–H groups in total. The second-order valence-corrected chi connectivity index (χ2v) is 9.30. The fourth-order valence-corrected chi connectivity index (χ4v) is 5.38. The van der Waals surface area contributed by atoms with E-state index in [1.54, 1.807) is 7.05 Å². The highest BCUT2D eigenvalue weighted by molar-refractivity contribution is 7.99. The van der Waals surface area contributed by atoms with Crippen molar-refractivity contribution in [2.24, 2.45) is 0 Å². The van der Waals surface area contributed by atoms with Gasteiger partial charge in [-0.1, -0.05) is 17.8 Å². The number of sulfone groups is 1. The van der Waals surface area contributed by atoms with E-state index in [9.17, 15) is 13.2 Å². The first-order valence-electron chi connectivity index (χ1n) is 6.91. The van der Waals surface area contributed by atoms with E-state index in [1.165, 1.54) is 16.2 Å². The summed E-state index contributed by atoms with van der Waals surface area (Å²) >= 11 is 2.66. The fourth-order valence-electron chi connectivity index (χ4n) is 2.28. The van der Waals surface area contributed by atoms with Crippen molar-refractivity contribution >= 4 is 38.8 Å². The molecule has 0 aromatic carbocycles. The van der Waals surface area contributed by atoms with Gasteiger partial charge in [0.05, 0.1) is 22.1 Å². The molecule has 3 heterocycles. The Morgan fingerprint density at radius 1 is 1.52 bits per heavy atom. The molecule has 1 amide bonds. The monoisotopic (exact) mass is 373 g/mol. The van der Waals surface area contributed by atoms with Crippen LogP contribution in [0.3, 0.4) is 0 Å². The molecule has 2 aromatic heterocycles. The number of rotatable bonds is 5. The predicted molar refractivity (Wildman–Crippen MR) is 88.2 cm³/mol. The van der Waals surface area contributed by atoms with Crippen LogP contribution in [0.25, 0.3) is 10.8 Å². The summed E-state index contributed by atoms with van der Waals surface area (Å²) in [4.78, 5) is 14.6. The standard InChI is InChI=1S/C13H15N3O4S3/c1-16(9-4-6-23(18,19)8-9)11(17)7-22-13-15-14-12(20-13)10-3-2-5-21-10/h2-3,5,9H,4,6-8H2,1H3/t9-/m1/s1. The second kappa shape index (κ2) is 6.62. The molecule has 1 atom stereocenters. The van der Waals surface area contributed by atoms with Gasteiger partial charge in [-0.25, -0.2) is 8.42 Å². The lowest BCUT2D eigenvalue weighted by atomic mass is 10.2. The van der Waals surface area contributed by atoms with E-state index in [1.807, 2.05) is 17.5 Å². The van der Waals surface area contributed by atoms with Gasteiger partial charge < -0.3 is 9.32 Å². The highest BCUT2D eigenvalue weighted by Crippen LogP contribution is 2.27. The largest absolute Gasteiger partial charge is 0.410 e. The quantitative estimate of drug-likeness (QED) is 0.734. The lowest BCUT2D eigenvalue weighted by Crippen LogP contribution is -2.38. The number of carbonyl (C=O) groups excluding carboxylic acids is 1. The zero-order valence-corrected chi connectivity index (χ0v) is 14.8. The number of nitrogens with zero attached hydrogens (tertiary/aromatic N) is 3. The molecule has 0 aliphatic carbocycles. The van der Waals surface area contributed by atoms with Crippen LogP contribution >= 0.6 is 23.1 Å². The number of amides is 1. The van der Waals surface area contributed by atoms with E-state index >= 15 is 0 Å². The zero-order chi connectivity index (χ0) is 16.4. The smallest absolute Gasteiger partial charge is 0.277 e. The first-order valence-corrected chi connectivity index (χ1v) is 10.6. The SMILES string of the molecule is CN(C(=O)CSc1nnc(-c2cccs2)o1)[C@@H]1CCS(=O)(=O)C1. The number of carbonyl (C=O) groups is 1. The van der Waals surface area contributed by atoms with Gasteiger partial charge in [-0.15, -0.1) is 21.5 Å². The zero-order valence-electron chi connectivity index (χ0n) is 12.3. The van der Waals surface area contributed by atoms with Gasteiger partial charge in [-0.2, -0.15) is 0 Å². The van der Waals surface area contributed by atoms with E-state index in [2.05, 4.69) is 10.2 Å². The number of hydrogen-bond donors (Lipinski definition) is 0. The Morgan fingerprint density at radius 3 is 3.00 bits per heavy atom. The van der Waals surface area contributed by atoms with Crippen molar-refractivity contribution in [3.05, 3.63) is 17.5 Å². The lowest BCUT2D eigenvalue weighted by molar-refractivity contribution is -0.128. The molecule has 10 heteroatoms. The van der Waals surface area contributed by atoms with Gasteiger partial charge in [0.1, 0.15) is 0 Å². The number of aromatic nitrogens is 2. The summed E-state index contributed by atoms with van der Waals surface area (Å²) in [5.41, 5.74) is 0. The van der Waals surface area contributed by atoms with Crippen LogP contribution in [0, 0.1) is 0 Å². The second-order valence-electron chi connectivity index (χ2n) is 5.20. The van der Waals surface area contributed by atoms with Crippen molar-refractivity contribution in [1.82, 2.24) is 15.1 Å². The molecule has 0 spiro atoms. The Kier molecular flexibility index (Phi) is 4.74. The highest BCUT2D eigenvalue weighted by Gasteiger charge is 2.32. The van der Waals surface area contributed by atoms with Crippen LogP contribution in [0.4, 0.5) is 0 Å². The Bertz CT molecular complexity index is 785. The normalized spacial score (nSPS) is 19.8. The first-order chi connectivity index (χ1) is 10.9. The third-order valence-corrected chi connectivity index (χ3v) is 7.02. The van der Waals surface area contributed by atoms with Gasteiger partial charge >= 0.3 is 0 Å². The minimum absolute atomic E-state index is 0.0446. The van der Waals surface area contributed by atoms with Gasteiger partial charge in [0.25, 0.3) is 11.1 Å². The van der Waals surface area contributed by atoms with Gasteiger partial charge in [0, 0.05) is 13.1 Å². The maximum absolute atomic E-state index is 12.2. The Morgan fingerprint density at radius 2 is 2.35 bits per heavy atom. The van der Waals surface area contributed by atoms with Crippen LogP contribution in [-0.2, 0) is 14.6 Å². The molecule has 1 fully saturated rings. The molecule has 3 rings (SSSR count). The summed E-state index contributed by atoms with van der Waals surface area (Å²) in [5.74, 6) is 0.622. The average Bonchev–Trinajstić information content (AvgIpc) is 3.23. The van der Waals surface area contributed by atoms with Crippen molar-refractivity contribution in [2.75, 3.05) is 24.3 Å². The van der Waals surface area contributed by atoms with Gasteiger partial charge in [0.2, 0.25) is 5.91 Å². The van der Waals surface area contributed by atoms with E-state index in [0.29, 0.717) is 17.5 Å². The topological polar surface area (TPSA) is 93.4 Å². The Hall–Kier alpha value is -1.39. The summed E-state index contributed by atoms with van der Waals surface area (Å²) in [6.07, 6.45) is 0.498. The van der Waals surface area contributed by atoms with Crippen molar-refractivity contribution in [1.29, 1.82) is 0 Å². The van der Waals surface area contributed by atoms with Gasteiger partial charge in [0.15, 0.2) is 9.84 Å². The van der Waals surface area contributed by atoms with Crippen molar-refractivity contribution < 1.29 is 17.6 Å². The fraction of sp³-hybridized carbons (Fsp3) is 0.462. The van der Waals surface area contributed by atoms with Crippen LogP contribution in [0.1, 0.15) is 6.42 Å². The molecule has 0 saturated carbocycles. The maximum atomic E-state index is 12.2. The Labute approximate surface area is 142 Å². The number of thioether (sulfide) groups is 1. The van der Waals surface area contributed by atoms with Crippen LogP contribution < -0.4 is 0 Å². The molecule has 23 heavy (non-hydrogen) atoms. The van der Waals surface area contributed by atoms with E-state index < -0.39 is 9.84 Å². The average molecular weight is 373 g/mol. The molecular weight excluding hydrogens is 358 g/mol. The van der Waals surface area contributed by atoms with Crippen molar-refractivity contribution in [3.63, 3.8) is 0 Å². The third-order valence-electron chi connectivity index (χ3n) is 3.61. The molecule has 7 nitrogen and oxygen atoms in total. The first kappa shape index (κ1) is 16.5. The molecule has 0 bridgehead atoms. The van der Waals surface area contributed by atoms with Crippen LogP contribution in [-0.4, -0.2) is 59.8 Å². The summed E-state index contributed by atoms with van der Waals surface area (Å²) in [6, 6.07) is 3.54. The molecule has 124 valence electrons. The number of hydrogen-bond acceptors (Lipinski definition) is 8. The third kappa shape index (κ3) is 3.93. The van der Waals surface area contributed by atoms with Crippen molar-refractivity contribution in [3.8, 4) is 10.8 Å². The maximum Gasteiger partial charge on any atom is 0.277 e. The molecule has 1 aliphatic heterocycles. The van der Waals surface area contributed by atoms with E-state index in [0.717, 1.165) is 16.6 Å². The van der Waals surface area contributed by atoms with E-state index in [-0.39, 0.29) is 29.2 Å². The van der Waals surface area contributed by atoms with E-state index in [4.69, 9.17) is 4.42 Å². The lowest BCUT2D eigenvalue weighted by Gasteiger charge is -2.22. The summed E-state index contributed by atoms with van der Waals surface area (Å²) < 4.78 is 28.5. The molecular formula is C13H15N3O4S3. The molecule has 1 saturated heterocycles. The molecule has 1 aliphatic rings. The highest BCUT2D eigenvalue weighted by atomic mass is 32.2. The van der Waals surface area contributed by atoms with Crippen molar-refractivity contribution in [2.45, 2.75) is 17.7 Å². The number of thiophene rings is 1. The van der Waals surface area contributed by atoms with Crippen LogP contribution in [0.2, 0.25) is 0 Å². The minimum atomic E-state index is -3.00.